The van der Waals surface area contributed by atoms with Crippen LogP contribution in [-0.4, -0.2) is 43.6 Å². The molecule has 1 aliphatic heterocycles. The van der Waals surface area contributed by atoms with Crippen molar-refractivity contribution < 1.29 is 4.74 Å². The summed E-state index contributed by atoms with van der Waals surface area (Å²) in [5.41, 5.74) is 7.28. The van der Waals surface area contributed by atoms with E-state index in [1.165, 1.54) is 37.7 Å². The van der Waals surface area contributed by atoms with Gasteiger partial charge in [-0.15, -0.1) is 24.0 Å². The summed E-state index contributed by atoms with van der Waals surface area (Å²) in [6.45, 7) is 2.59. The van der Waals surface area contributed by atoms with Gasteiger partial charge in [0.25, 0.3) is 0 Å². The van der Waals surface area contributed by atoms with E-state index in [9.17, 15) is 0 Å². The molecular weight excluding hydrogens is 439 g/mol. The van der Waals surface area contributed by atoms with Crippen LogP contribution in [0.1, 0.15) is 56.6 Å². The van der Waals surface area contributed by atoms with Gasteiger partial charge in [0, 0.05) is 24.6 Å². The molecule has 0 amide bonds. The third kappa shape index (κ3) is 6.01. The molecule has 0 bridgehead atoms. The molecule has 2 aliphatic rings. The number of para-hydroxylation sites is 1. The molecule has 1 fully saturated rings. The highest BCUT2D eigenvalue weighted by molar-refractivity contribution is 14.0. The Morgan fingerprint density at radius 2 is 2.00 bits per heavy atom. The summed E-state index contributed by atoms with van der Waals surface area (Å²) < 4.78 is 5.69. The van der Waals surface area contributed by atoms with Gasteiger partial charge in [0.1, 0.15) is 5.75 Å². The Labute approximate surface area is 174 Å². The average Bonchev–Trinajstić information content (AvgIpc) is 2.66. The second kappa shape index (κ2) is 11.0. The Hall–Kier alpha value is -1.02. The summed E-state index contributed by atoms with van der Waals surface area (Å²) in [6.07, 6.45) is 8.86. The van der Waals surface area contributed by atoms with Gasteiger partial charge >= 0.3 is 0 Å². The van der Waals surface area contributed by atoms with Crippen LogP contribution >= 0.6 is 24.0 Å². The van der Waals surface area contributed by atoms with Gasteiger partial charge in [-0.1, -0.05) is 37.5 Å². The van der Waals surface area contributed by atoms with Crippen molar-refractivity contribution in [3.8, 4) is 5.75 Å². The first kappa shape index (κ1) is 21.3. The summed E-state index contributed by atoms with van der Waals surface area (Å²) in [6, 6.07) is 9.11. The van der Waals surface area contributed by atoms with Crippen molar-refractivity contribution in [2.75, 3.05) is 26.7 Å². The molecule has 1 aliphatic carbocycles. The number of nitrogens with one attached hydrogen (secondary N) is 1. The van der Waals surface area contributed by atoms with Gasteiger partial charge < -0.3 is 20.7 Å². The highest BCUT2D eigenvalue weighted by Crippen LogP contribution is 2.31. The smallest absolute Gasteiger partial charge is 0.189 e. The van der Waals surface area contributed by atoms with Gasteiger partial charge in [0.05, 0.1) is 12.6 Å². The molecule has 0 radical (unpaired) electrons. The monoisotopic (exact) mass is 472 g/mol. The number of ether oxygens (including phenoxy) is 1. The highest BCUT2D eigenvalue weighted by atomic mass is 127. The molecule has 3 rings (SSSR count). The first-order chi connectivity index (χ1) is 12.2. The Bertz CT molecular complexity index is 575. The fourth-order valence-corrected chi connectivity index (χ4v) is 3.94. The molecule has 6 heteroatoms. The number of hydrogen-bond acceptors (Lipinski definition) is 3. The molecule has 0 aromatic heterocycles. The molecule has 1 unspecified atom stereocenters. The van der Waals surface area contributed by atoms with Crippen molar-refractivity contribution in [1.29, 1.82) is 0 Å². The number of benzene rings is 1. The third-order valence-corrected chi connectivity index (χ3v) is 5.43. The zero-order valence-corrected chi connectivity index (χ0v) is 18.2. The van der Waals surface area contributed by atoms with Gasteiger partial charge in [0.15, 0.2) is 5.96 Å². The zero-order chi connectivity index (χ0) is 17.5. The summed E-state index contributed by atoms with van der Waals surface area (Å²) >= 11 is 0. The van der Waals surface area contributed by atoms with Crippen LogP contribution in [0.25, 0.3) is 0 Å². The fraction of sp³-hybridized carbons (Fsp3) is 0.650. The molecular formula is C20H33IN4O. The SMILES string of the molecule is CN(CCCN=C(N)NC1CCOc2ccccc21)C1CCCCC1.I. The van der Waals surface area contributed by atoms with Gasteiger partial charge in [-0.3, -0.25) is 4.99 Å². The van der Waals surface area contributed by atoms with Gasteiger partial charge in [-0.05, 0) is 38.9 Å². The van der Waals surface area contributed by atoms with E-state index in [-0.39, 0.29) is 30.0 Å². The largest absolute Gasteiger partial charge is 0.493 e. The minimum Gasteiger partial charge on any atom is -0.493 e. The number of hydrogen-bond donors (Lipinski definition) is 2. The Morgan fingerprint density at radius 1 is 1.23 bits per heavy atom. The number of aliphatic imine (C=N–C) groups is 1. The number of halogens is 1. The van der Waals surface area contributed by atoms with Crippen molar-refractivity contribution >= 4 is 29.9 Å². The van der Waals surface area contributed by atoms with E-state index < -0.39 is 0 Å². The van der Waals surface area contributed by atoms with Crippen LogP contribution in [0.2, 0.25) is 0 Å². The second-order valence-electron chi connectivity index (χ2n) is 7.26. The molecule has 1 aromatic rings. The van der Waals surface area contributed by atoms with Crippen LogP contribution in [0.5, 0.6) is 5.75 Å². The first-order valence-corrected chi connectivity index (χ1v) is 9.72. The number of guanidine groups is 1. The standard InChI is InChI=1S/C20H32N4O.HI/c1-24(16-8-3-2-4-9-16)14-7-13-22-20(21)23-18-12-15-25-19-11-6-5-10-17(18)19;/h5-6,10-11,16,18H,2-4,7-9,12-15H2,1H3,(H3,21,22,23);1H. The fourth-order valence-electron chi connectivity index (χ4n) is 3.94. The number of nitrogens with zero attached hydrogens (tertiary/aromatic N) is 2. The Kier molecular flexibility index (Phi) is 8.98. The molecule has 1 saturated carbocycles. The lowest BCUT2D eigenvalue weighted by atomic mass is 9.94. The maximum absolute atomic E-state index is 6.11. The molecule has 5 nitrogen and oxygen atoms in total. The normalized spacial score (nSPS) is 20.8. The average molecular weight is 472 g/mol. The first-order valence-electron chi connectivity index (χ1n) is 9.72. The van der Waals surface area contributed by atoms with Gasteiger partial charge in [-0.25, -0.2) is 0 Å². The summed E-state index contributed by atoms with van der Waals surface area (Å²) in [5.74, 6) is 1.50. The lowest BCUT2D eigenvalue weighted by Gasteiger charge is -2.31. The van der Waals surface area contributed by atoms with E-state index in [1.54, 1.807) is 0 Å². The number of rotatable bonds is 6. The molecule has 1 heterocycles. The number of fused-ring (bicyclic) bond motifs is 1. The van der Waals surface area contributed by atoms with E-state index in [0.29, 0.717) is 12.6 Å². The maximum atomic E-state index is 6.11. The van der Waals surface area contributed by atoms with E-state index in [4.69, 9.17) is 10.5 Å². The van der Waals surface area contributed by atoms with Crippen molar-refractivity contribution in [2.45, 2.75) is 57.0 Å². The molecule has 3 N–H and O–H groups in total. The Morgan fingerprint density at radius 3 is 2.81 bits per heavy atom. The molecule has 1 aromatic carbocycles. The summed E-state index contributed by atoms with van der Waals surface area (Å²) in [4.78, 5) is 7.03. The molecule has 146 valence electrons. The van der Waals surface area contributed by atoms with E-state index >= 15 is 0 Å². The molecule has 26 heavy (non-hydrogen) atoms. The van der Waals surface area contributed by atoms with E-state index in [2.05, 4.69) is 28.3 Å². The van der Waals surface area contributed by atoms with Crippen LogP contribution in [-0.2, 0) is 0 Å². The van der Waals surface area contributed by atoms with Crippen molar-refractivity contribution in [3.05, 3.63) is 29.8 Å². The predicted molar refractivity (Wildman–Crippen MR) is 118 cm³/mol. The topological polar surface area (TPSA) is 62.9 Å². The Balaban J connectivity index is 0.00000243. The minimum absolute atomic E-state index is 0. The van der Waals surface area contributed by atoms with E-state index in [0.717, 1.165) is 37.7 Å². The summed E-state index contributed by atoms with van der Waals surface area (Å²) in [7, 11) is 2.25. The predicted octanol–water partition coefficient (Wildman–Crippen LogP) is 3.69. The van der Waals surface area contributed by atoms with Crippen LogP contribution in [0.3, 0.4) is 0 Å². The molecule has 0 saturated heterocycles. The summed E-state index contributed by atoms with van der Waals surface area (Å²) in [5, 5.41) is 3.36. The number of nitrogens with two attached hydrogens (primary N) is 1. The van der Waals surface area contributed by atoms with Crippen LogP contribution in [0, 0.1) is 0 Å². The zero-order valence-electron chi connectivity index (χ0n) is 15.8. The lowest BCUT2D eigenvalue weighted by Crippen LogP contribution is -2.37. The van der Waals surface area contributed by atoms with E-state index in [1.807, 2.05) is 18.2 Å². The van der Waals surface area contributed by atoms with Crippen molar-refractivity contribution in [2.24, 2.45) is 10.7 Å². The second-order valence-corrected chi connectivity index (χ2v) is 7.26. The maximum Gasteiger partial charge on any atom is 0.189 e. The highest BCUT2D eigenvalue weighted by Gasteiger charge is 2.21. The minimum atomic E-state index is 0. The van der Waals surface area contributed by atoms with Crippen molar-refractivity contribution in [1.82, 2.24) is 10.2 Å². The van der Waals surface area contributed by atoms with Crippen LogP contribution in [0.15, 0.2) is 29.3 Å². The molecule has 0 spiro atoms. The van der Waals surface area contributed by atoms with Gasteiger partial charge in [0.2, 0.25) is 0 Å². The van der Waals surface area contributed by atoms with Gasteiger partial charge in [-0.2, -0.15) is 0 Å². The van der Waals surface area contributed by atoms with Crippen molar-refractivity contribution in [3.63, 3.8) is 0 Å². The lowest BCUT2D eigenvalue weighted by molar-refractivity contribution is 0.191. The third-order valence-electron chi connectivity index (χ3n) is 5.43. The molecule has 1 atom stereocenters. The quantitative estimate of drug-likeness (QED) is 0.287. The van der Waals surface area contributed by atoms with Crippen LogP contribution in [0.4, 0.5) is 0 Å². The van der Waals surface area contributed by atoms with Crippen LogP contribution < -0.4 is 15.8 Å².